The molecule has 3 rings (SSSR count). The first-order valence-corrected chi connectivity index (χ1v) is 9.11. The molecule has 0 saturated carbocycles. The van der Waals surface area contributed by atoms with Crippen LogP contribution in [0.2, 0.25) is 0 Å². The molecule has 0 fully saturated rings. The molecule has 130 valence electrons. The van der Waals surface area contributed by atoms with Crippen LogP contribution in [0, 0.1) is 6.92 Å². The van der Waals surface area contributed by atoms with Crippen LogP contribution in [0.4, 0.5) is 0 Å². The molecule has 3 aromatic rings. The summed E-state index contributed by atoms with van der Waals surface area (Å²) in [6.45, 7) is 3.13. The molecule has 2 heterocycles. The molecule has 25 heavy (non-hydrogen) atoms. The van der Waals surface area contributed by atoms with Crippen molar-refractivity contribution >= 4 is 17.2 Å². The lowest BCUT2D eigenvalue weighted by molar-refractivity contribution is -0.134. The Kier molecular flexibility index (Phi) is 5.90. The highest BCUT2D eigenvalue weighted by Crippen LogP contribution is 2.14. The third kappa shape index (κ3) is 5.22. The predicted molar refractivity (Wildman–Crippen MR) is 98.8 cm³/mol. The first-order chi connectivity index (χ1) is 12.2. The van der Waals surface area contributed by atoms with Crippen LogP contribution in [0.25, 0.3) is 0 Å². The molecular formula is C20H21NO3S. The highest BCUT2D eigenvalue weighted by atomic mass is 32.1. The topological polar surface area (TPSA) is 42.7 Å². The molecule has 5 heteroatoms. The number of ether oxygens (including phenoxy) is 1. The maximum absolute atomic E-state index is 12.6. The summed E-state index contributed by atoms with van der Waals surface area (Å²) in [6.07, 6.45) is 2.45. The van der Waals surface area contributed by atoms with Crippen LogP contribution >= 0.6 is 11.3 Å². The molecule has 0 aliphatic rings. The minimum Gasteiger partial charge on any atom is -0.484 e. The van der Waals surface area contributed by atoms with E-state index in [9.17, 15) is 4.79 Å². The van der Waals surface area contributed by atoms with Gasteiger partial charge in [-0.1, -0.05) is 23.8 Å². The monoisotopic (exact) mass is 355 g/mol. The number of amides is 1. The van der Waals surface area contributed by atoms with Crippen molar-refractivity contribution in [3.05, 3.63) is 76.4 Å². The third-order valence-corrected chi connectivity index (χ3v) is 4.81. The molecule has 0 saturated heterocycles. The van der Waals surface area contributed by atoms with Crippen LogP contribution in [0.5, 0.6) is 5.75 Å². The Morgan fingerprint density at radius 2 is 2.00 bits per heavy atom. The van der Waals surface area contributed by atoms with Crippen molar-refractivity contribution in [1.82, 2.24) is 4.90 Å². The lowest BCUT2D eigenvalue weighted by Gasteiger charge is -2.21. The van der Waals surface area contributed by atoms with E-state index in [4.69, 9.17) is 9.15 Å². The summed E-state index contributed by atoms with van der Waals surface area (Å²) in [5, 5.41) is 2.05. The standard InChI is InChI=1S/C20H21NO3S/c1-16-6-8-17(9-7-16)24-15-20(22)21(14-18-4-2-12-23-18)11-10-19-5-3-13-25-19/h2-9,12-13H,10-11,14-15H2,1H3. The van der Waals surface area contributed by atoms with Crippen molar-refractivity contribution in [3.8, 4) is 5.75 Å². The largest absolute Gasteiger partial charge is 0.484 e. The summed E-state index contributed by atoms with van der Waals surface area (Å²) >= 11 is 1.70. The molecule has 0 bridgehead atoms. The maximum atomic E-state index is 12.6. The van der Waals surface area contributed by atoms with Gasteiger partial charge < -0.3 is 14.1 Å². The number of thiophene rings is 1. The Morgan fingerprint density at radius 3 is 2.68 bits per heavy atom. The minimum atomic E-state index is -0.0477. The molecule has 1 aromatic carbocycles. The highest BCUT2D eigenvalue weighted by molar-refractivity contribution is 7.09. The summed E-state index contributed by atoms with van der Waals surface area (Å²) in [6, 6.07) is 15.5. The van der Waals surface area contributed by atoms with Crippen molar-refractivity contribution < 1.29 is 13.9 Å². The lowest BCUT2D eigenvalue weighted by Crippen LogP contribution is -2.35. The van der Waals surface area contributed by atoms with Crippen LogP contribution in [0.3, 0.4) is 0 Å². The maximum Gasteiger partial charge on any atom is 0.260 e. The molecule has 4 nitrogen and oxygen atoms in total. The zero-order valence-electron chi connectivity index (χ0n) is 14.2. The Labute approximate surface area is 151 Å². The number of carbonyl (C=O) groups is 1. The number of hydrogen-bond acceptors (Lipinski definition) is 4. The Balaban J connectivity index is 1.60. The van der Waals surface area contributed by atoms with Crippen LogP contribution in [0.1, 0.15) is 16.2 Å². The van der Waals surface area contributed by atoms with E-state index in [0.717, 1.165) is 17.7 Å². The van der Waals surface area contributed by atoms with Gasteiger partial charge in [-0.15, -0.1) is 11.3 Å². The van der Waals surface area contributed by atoms with E-state index in [1.807, 2.05) is 49.4 Å². The second-order valence-corrected chi connectivity index (χ2v) is 6.86. The van der Waals surface area contributed by atoms with Crippen molar-refractivity contribution in [1.29, 1.82) is 0 Å². The number of rotatable bonds is 8. The smallest absolute Gasteiger partial charge is 0.260 e. The van der Waals surface area contributed by atoms with Gasteiger partial charge in [0.05, 0.1) is 12.8 Å². The van der Waals surface area contributed by atoms with Crippen molar-refractivity contribution in [3.63, 3.8) is 0 Å². The van der Waals surface area contributed by atoms with Gasteiger partial charge in [0.2, 0.25) is 0 Å². The minimum absolute atomic E-state index is 0.0220. The van der Waals surface area contributed by atoms with Crippen LogP contribution in [-0.4, -0.2) is 24.0 Å². The van der Waals surface area contributed by atoms with E-state index < -0.39 is 0 Å². The van der Waals surface area contributed by atoms with E-state index in [1.165, 1.54) is 4.88 Å². The fourth-order valence-electron chi connectivity index (χ4n) is 2.45. The van der Waals surface area contributed by atoms with Crippen molar-refractivity contribution in [2.45, 2.75) is 19.9 Å². The van der Waals surface area contributed by atoms with Gasteiger partial charge in [0.25, 0.3) is 5.91 Å². The van der Waals surface area contributed by atoms with Crippen molar-refractivity contribution in [2.24, 2.45) is 0 Å². The number of carbonyl (C=O) groups excluding carboxylic acids is 1. The number of aryl methyl sites for hydroxylation is 1. The summed E-state index contributed by atoms with van der Waals surface area (Å²) in [4.78, 5) is 15.7. The Morgan fingerprint density at radius 1 is 1.16 bits per heavy atom. The summed E-state index contributed by atoms with van der Waals surface area (Å²) in [5.41, 5.74) is 1.16. The molecule has 1 amide bonds. The quantitative estimate of drug-likeness (QED) is 0.605. The number of nitrogens with zero attached hydrogens (tertiary/aromatic N) is 1. The first-order valence-electron chi connectivity index (χ1n) is 8.23. The van der Waals surface area contributed by atoms with Gasteiger partial charge >= 0.3 is 0 Å². The fraction of sp³-hybridized carbons (Fsp3) is 0.250. The predicted octanol–water partition coefficient (Wildman–Crippen LogP) is 4.30. The molecule has 0 N–H and O–H groups in total. The molecule has 0 aliphatic carbocycles. The van der Waals surface area contributed by atoms with E-state index in [2.05, 4.69) is 11.4 Å². The van der Waals surface area contributed by atoms with Crippen molar-refractivity contribution in [2.75, 3.05) is 13.2 Å². The third-order valence-electron chi connectivity index (χ3n) is 3.87. The van der Waals surface area contributed by atoms with Crippen LogP contribution in [-0.2, 0) is 17.8 Å². The normalized spacial score (nSPS) is 10.6. The molecule has 0 unspecified atom stereocenters. The second kappa shape index (κ2) is 8.53. The zero-order valence-corrected chi connectivity index (χ0v) is 15.0. The fourth-order valence-corrected chi connectivity index (χ4v) is 3.15. The SMILES string of the molecule is Cc1ccc(OCC(=O)N(CCc2cccs2)Cc2ccco2)cc1. The highest BCUT2D eigenvalue weighted by Gasteiger charge is 2.16. The molecule has 0 aliphatic heterocycles. The Bertz CT molecular complexity index is 764. The van der Waals surface area contributed by atoms with E-state index in [1.54, 1.807) is 22.5 Å². The van der Waals surface area contributed by atoms with E-state index >= 15 is 0 Å². The van der Waals surface area contributed by atoms with Crippen LogP contribution in [0.15, 0.2) is 64.6 Å². The summed E-state index contributed by atoms with van der Waals surface area (Å²) in [5.74, 6) is 1.43. The zero-order chi connectivity index (χ0) is 17.5. The Hall–Kier alpha value is -2.53. The average molecular weight is 355 g/mol. The first kappa shape index (κ1) is 17.3. The van der Waals surface area contributed by atoms with Gasteiger partial charge in [-0.25, -0.2) is 0 Å². The number of benzene rings is 1. The van der Waals surface area contributed by atoms with E-state index in [-0.39, 0.29) is 12.5 Å². The molecular weight excluding hydrogens is 334 g/mol. The molecule has 0 radical (unpaired) electrons. The van der Waals surface area contributed by atoms with Gasteiger partial charge in [0.1, 0.15) is 11.5 Å². The number of hydrogen-bond donors (Lipinski definition) is 0. The number of furan rings is 1. The van der Waals surface area contributed by atoms with Gasteiger partial charge in [-0.2, -0.15) is 0 Å². The lowest BCUT2D eigenvalue weighted by atomic mass is 10.2. The average Bonchev–Trinajstić information content (AvgIpc) is 3.31. The second-order valence-electron chi connectivity index (χ2n) is 5.83. The van der Waals surface area contributed by atoms with E-state index in [0.29, 0.717) is 18.8 Å². The molecule has 0 spiro atoms. The molecule has 2 aromatic heterocycles. The van der Waals surface area contributed by atoms with Crippen LogP contribution < -0.4 is 4.74 Å². The van der Waals surface area contributed by atoms with Gasteiger partial charge in [0.15, 0.2) is 6.61 Å². The van der Waals surface area contributed by atoms with Gasteiger partial charge in [-0.05, 0) is 49.1 Å². The summed E-state index contributed by atoms with van der Waals surface area (Å²) in [7, 11) is 0. The van der Waals surface area contributed by atoms with Gasteiger partial charge in [-0.3, -0.25) is 4.79 Å². The molecule has 0 atom stereocenters. The summed E-state index contributed by atoms with van der Waals surface area (Å²) < 4.78 is 11.0. The van der Waals surface area contributed by atoms with Gasteiger partial charge in [0, 0.05) is 11.4 Å².